The van der Waals surface area contributed by atoms with E-state index in [1.165, 1.54) is 23.3 Å². The zero-order chi connectivity index (χ0) is 16.8. The molecule has 0 radical (unpaired) electrons. The van der Waals surface area contributed by atoms with Crippen LogP contribution in [0.4, 0.5) is 0 Å². The summed E-state index contributed by atoms with van der Waals surface area (Å²) in [5.74, 6) is 0.321. The van der Waals surface area contributed by atoms with Crippen molar-refractivity contribution in [2.45, 2.75) is 70.1 Å². The van der Waals surface area contributed by atoms with Crippen LogP contribution in [0.15, 0.2) is 29.2 Å². The number of benzene rings is 1. The summed E-state index contributed by atoms with van der Waals surface area (Å²) in [5, 5.41) is -0.0104. The Morgan fingerprint density at radius 3 is 2.52 bits per heavy atom. The Morgan fingerprint density at radius 2 is 1.87 bits per heavy atom. The van der Waals surface area contributed by atoms with E-state index in [0.29, 0.717) is 22.8 Å². The third-order valence-corrected chi connectivity index (χ3v) is 6.48. The summed E-state index contributed by atoms with van der Waals surface area (Å²) in [5.41, 5.74) is 1.94. The molecule has 1 saturated heterocycles. The van der Waals surface area contributed by atoms with E-state index in [1.54, 1.807) is 11.8 Å². The Morgan fingerprint density at radius 1 is 1.22 bits per heavy atom. The minimum atomic E-state index is -0.0104. The van der Waals surface area contributed by atoms with Gasteiger partial charge < -0.3 is 4.90 Å². The van der Waals surface area contributed by atoms with Gasteiger partial charge >= 0.3 is 0 Å². The molecule has 1 amide bonds. The molecular weight excluding hydrogens is 302 g/mol. The number of thioether (sulfide) groups is 1. The largest absolute Gasteiger partial charge is 0.338 e. The van der Waals surface area contributed by atoms with Gasteiger partial charge in [0.1, 0.15) is 0 Å². The maximum absolute atomic E-state index is 13.0. The van der Waals surface area contributed by atoms with Crippen molar-refractivity contribution >= 4 is 17.7 Å². The van der Waals surface area contributed by atoms with Gasteiger partial charge in [-0.05, 0) is 56.1 Å². The molecule has 2 aliphatic rings. The quantitative estimate of drug-likeness (QED) is 0.734. The first-order chi connectivity index (χ1) is 10.7. The van der Waals surface area contributed by atoms with Gasteiger partial charge in [-0.3, -0.25) is 4.79 Å². The van der Waals surface area contributed by atoms with Crippen LogP contribution < -0.4 is 0 Å². The average molecular weight is 332 g/mol. The van der Waals surface area contributed by atoms with Crippen molar-refractivity contribution in [3.05, 3.63) is 29.8 Å². The number of hydrogen-bond donors (Lipinski definition) is 0. The van der Waals surface area contributed by atoms with Crippen molar-refractivity contribution in [3.8, 4) is 0 Å². The lowest BCUT2D eigenvalue weighted by Crippen LogP contribution is -2.41. The van der Waals surface area contributed by atoms with E-state index in [1.807, 2.05) is 0 Å². The highest BCUT2D eigenvalue weighted by Crippen LogP contribution is 2.52. The van der Waals surface area contributed by atoms with E-state index in [2.05, 4.69) is 63.8 Å². The lowest BCUT2D eigenvalue weighted by molar-refractivity contribution is -0.131. The highest BCUT2D eigenvalue weighted by molar-refractivity contribution is 8.00. The van der Waals surface area contributed by atoms with E-state index in [9.17, 15) is 4.79 Å². The summed E-state index contributed by atoms with van der Waals surface area (Å²) in [6, 6.07) is 8.92. The third kappa shape index (κ3) is 3.60. The van der Waals surface area contributed by atoms with Gasteiger partial charge in [0.25, 0.3) is 0 Å². The minimum absolute atomic E-state index is 0.0104. The number of carbonyl (C=O) groups excluding carboxylic acids is 1. The summed E-state index contributed by atoms with van der Waals surface area (Å²) in [4.78, 5) is 16.4. The average Bonchev–Trinajstić information content (AvgIpc) is 2.69. The monoisotopic (exact) mass is 331 g/mol. The molecule has 2 fully saturated rings. The molecule has 1 aromatic carbocycles. The van der Waals surface area contributed by atoms with Gasteiger partial charge in [0.05, 0.1) is 5.25 Å². The number of likely N-dealkylation sites (tertiary alicyclic amines) is 1. The van der Waals surface area contributed by atoms with Crippen molar-refractivity contribution in [2.24, 2.45) is 10.8 Å². The van der Waals surface area contributed by atoms with Crippen LogP contribution in [0.2, 0.25) is 0 Å². The Kier molecular flexibility index (Phi) is 4.29. The fourth-order valence-electron chi connectivity index (χ4n) is 4.82. The molecule has 1 aliphatic heterocycles. The van der Waals surface area contributed by atoms with E-state index < -0.39 is 0 Å². The second-order valence-corrected chi connectivity index (χ2v) is 10.2. The van der Waals surface area contributed by atoms with Crippen molar-refractivity contribution in [1.29, 1.82) is 0 Å². The Balaban J connectivity index is 1.69. The topological polar surface area (TPSA) is 20.3 Å². The predicted molar refractivity (Wildman–Crippen MR) is 97.7 cm³/mol. The molecule has 3 heteroatoms. The molecule has 3 rings (SSSR count). The van der Waals surface area contributed by atoms with Crippen molar-refractivity contribution in [2.75, 3.05) is 6.54 Å². The summed E-state index contributed by atoms with van der Waals surface area (Å²) in [6.45, 7) is 12.2. The third-order valence-electron chi connectivity index (χ3n) is 5.38. The maximum atomic E-state index is 13.0. The van der Waals surface area contributed by atoms with Crippen LogP contribution in [0.5, 0.6) is 0 Å². The molecule has 1 heterocycles. The molecule has 1 aliphatic carbocycles. The molecule has 0 N–H and O–H groups in total. The number of hydrogen-bond acceptors (Lipinski definition) is 2. The van der Waals surface area contributed by atoms with Gasteiger partial charge in [-0.15, -0.1) is 11.8 Å². The standard InChI is InChI=1S/C20H29NOS/c1-14-6-8-17(9-7-14)23-15(2)18(22)21-13-20(5)11-16(21)10-19(3,4)12-20/h6-9,15-16H,10-13H2,1-5H3. The fourth-order valence-corrected chi connectivity index (χ4v) is 5.76. The van der Waals surface area contributed by atoms with Crippen LogP contribution >= 0.6 is 11.8 Å². The van der Waals surface area contributed by atoms with Crippen LogP contribution in [-0.4, -0.2) is 28.6 Å². The Bertz CT molecular complexity index is 594. The normalized spacial score (nSPS) is 30.3. The number of amides is 1. The van der Waals surface area contributed by atoms with E-state index in [0.717, 1.165) is 13.0 Å². The van der Waals surface area contributed by atoms with E-state index in [4.69, 9.17) is 0 Å². The lowest BCUT2D eigenvalue weighted by atomic mass is 9.65. The number of carbonyl (C=O) groups is 1. The summed E-state index contributed by atoms with van der Waals surface area (Å²) >= 11 is 1.69. The molecule has 1 aromatic rings. The number of fused-ring (bicyclic) bond motifs is 2. The summed E-state index contributed by atoms with van der Waals surface area (Å²) in [6.07, 6.45) is 3.57. The molecule has 0 aromatic heterocycles. The van der Waals surface area contributed by atoms with Crippen LogP contribution in [0.25, 0.3) is 0 Å². The van der Waals surface area contributed by atoms with Gasteiger partial charge in [0.2, 0.25) is 5.91 Å². The second-order valence-electron chi connectivity index (χ2n) is 8.75. The number of aryl methyl sites for hydroxylation is 1. The first kappa shape index (κ1) is 16.9. The highest BCUT2D eigenvalue weighted by atomic mass is 32.2. The highest BCUT2D eigenvalue weighted by Gasteiger charge is 2.51. The van der Waals surface area contributed by atoms with Crippen molar-refractivity contribution in [3.63, 3.8) is 0 Å². The molecule has 1 saturated carbocycles. The van der Waals surface area contributed by atoms with Crippen LogP contribution in [0, 0.1) is 17.8 Å². The Labute approximate surface area is 145 Å². The fraction of sp³-hybridized carbons (Fsp3) is 0.650. The van der Waals surface area contributed by atoms with Gasteiger partial charge in [0, 0.05) is 17.5 Å². The minimum Gasteiger partial charge on any atom is -0.338 e. The van der Waals surface area contributed by atoms with Crippen LogP contribution in [0.1, 0.15) is 52.5 Å². The molecular formula is C20H29NOS. The Hall–Kier alpha value is -0.960. The van der Waals surface area contributed by atoms with Crippen LogP contribution in [-0.2, 0) is 4.79 Å². The molecule has 3 unspecified atom stereocenters. The molecule has 2 nitrogen and oxygen atoms in total. The van der Waals surface area contributed by atoms with Crippen LogP contribution in [0.3, 0.4) is 0 Å². The zero-order valence-electron chi connectivity index (χ0n) is 15.1. The molecule has 3 atom stereocenters. The van der Waals surface area contributed by atoms with E-state index >= 15 is 0 Å². The second kappa shape index (κ2) is 5.84. The predicted octanol–water partition coefficient (Wildman–Crippen LogP) is 4.90. The smallest absolute Gasteiger partial charge is 0.236 e. The van der Waals surface area contributed by atoms with Gasteiger partial charge in [-0.2, -0.15) is 0 Å². The van der Waals surface area contributed by atoms with E-state index in [-0.39, 0.29) is 5.25 Å². The number of nitrogens with zero attached hydrogens (tertiary/aromatic N) is 1. The molecule has 0 spiro atoms. The van der Waals surface area contributed by atoms with Crippen molar-refractivity contribution in [1.82, 2.24) is 4.90 Å². The SMILES string of the molecule is Cc1ccc(SC(C)C(=O)N2CC3(C)CC2CC(C)(C)C3)cc1. The zero-order valence-corrected chi connectivity index (χ0v) is 15.9. The maximum Gasteiger partial charge on any atom is 0.236 e. The lowest BCUT2D eigenvalue weighted by Gasteiger charge is -2.39. The van der Waals surface area contributed by atoms with Gasteiger partial charge in [0.15, 0.2) is 0 Å². The summed E-state index contributed by atoms with van der Waals surface area (Å²) in [7, 11) is 0. The number of rotatable bonds is 3. The van der Waals surface area contributed by atoms with Gasteiger partial charge in [-0.25, -0.2) is 0 Å². The molecule has 126 valence electrons. The summed E-state index contributed by atoms with van der Waals surface area (Å²) < 4.78 is 0. The molecule has 23 heavy (non-hydrogen) atoms. The van der Waals surface area contributed by atoms with Gasteiger partial charge in [-0.1, -0.05) is 38.5 Å². The first-order valence-electron chi connectivity index (χ1n) is 8.71. The first-order valence-corrected chi connectivity index (χ1v) is 9.59. The van der Waals surface area contributed by atoms with Crippen molar-refractivity contribution < 1.29 is 4.79 Å². The molecule has 2 bridgehead atoms.